The number of piperidine rings is 1. The summed E-state index contributed by atoms with van der Waals surface area (Å²) in [7, 11) is 0. The number of carbonyl (C=O) groups is 2. The zero-order chi connectivity index (χ0) is 15.7. The van der Waals surface area contributed by atoms with Crippen LogP contribution in [0.2, 0.25) is 0 Å². The number of hydrogen-bond acceptors (Lipinski definition) is 5. The van der Waals surface area contributed by atoms with Gasteiger partial charge in [-0.1, -0.05) is 5.16 Å². The van der Waals surface area contributed by atoms with Gasteiger partial charge in [0.25, 0.3) is 11.8 Å². The maximum absolute atomic E-state index is 12.4. The van der Waals surface area contributed by atoms with Crippen molar-refractivity contribution in [2.45, 2.75) is 25.7 Å². The first kappa shape index (κ1) is 14.3. The van der Waals surface area contributed by atoms with Crippen LogP contribution in [0.5, 0.6) is 0 Å². The van der Waals surface area contributed by atoms with E-state index in [-0.39, 0.29) is 23.3 Å². The third kappa shape index (κ3) is 2.72. The minimum atomic E-state index is -0.566. The number of hydrogen-bond donors (Lipinski definition) is 2. The van der Waals surface area contributed by atoms with Gasteiger partial charge in [-0.25, -0.2) is 0 Å². The molecule has 8 heteroatoms. The molecule has 3 N–H and O–H groups in total. The van der Waals surface area contributed by atoms with Gasteiger partial charge in [0.1, 0.15) is 5.69 Å². The summed E-state index contributed by atoms with van der Waals surface area (Å²) in [5.74, 6) is -0.383. The predicted molar refractivity (Wildman–Crippen MR) is 76.2 cm³/mol. The summed E-state index contributed by atoms with van der Waals surface area (Å²) in [5, 5.41) is 10.5. The number of aromatic amines is 1. The minimum Gasteiger partial charge on any atom is -0.364 e. The van der Waals surface area contributed by atoms with E-state index >= 15 is 0 Å². The normalized spacial score (nSPS) is 18.4. The number of aromatic nitrogens is 3. The molecule has 1 unspecified atom stereocenters. The number of amides is 2. The van der Waals surface area contributed by atoms with E-state index in [1.54, 1.807) is 24.0 Å². The molecule has 3 rings (SSSR count). The Kier molecular flexibility index (Phi) is 3.66. The molecule has 0 spiro atoms. The highest BCUT2D eigenvalue weighted by Crippen LogP contribution is 2.27. The van der Waals surface area contributed by atoms with Crippen molar-refractivity contribution in [3.63, 3.8) is 0 Å². The predicted octanol–water partition coefficient (Wildman–Crippen LogP) is 0.825. The second-order valence-electron chi connectivity index (χ2n) is 5.50. The van der Waals surface area contributed by atoms with Gasteiger partial charge in [-0.3, -0.25) is 14.7 Å². The van der Waals surface area contributed by atoms with Gasteiger partial charge in [0, 0.05) is 30.8 Å². The monoisotopic (exact) mass is 303 g/mol. The minimum absolute atomic E-state index is 0.0994. The van der Waals surface area contributed by atoms with Crippen molar-refractivity contribution >= 4 is 11.8 Å². The van der Waals surface area contributed by atoms with Crippen LogP contribution in [-0.2, 0) is 0 Å². The average molecular weight is 303 g/mol. The van der Waals surface area contributed by atoms with Crippen LogP contribution in [0.25, 0.3) is 0 Å². The van der Waals surface area contributed by atoms with E-state index in [0.29, 0.717) is 18.8 Å². The van der Waals surface area contributed by atoms with Crippen molar-refractivity contribution in [1.82, 2.24) is 20.3 Å². The molecule has 3 heterocycles. The summed E-state index contributed by atoms with van der Waals surface area (Å²) in [6.07, 6.45) is 1.79. The number of primary amides is 1. The maximum Gasteiger partial charge on any atom is 0.292 e. The van der Waals surface area contributed by atoms with Crippen LogP contribution in [-0.4, -0.2) is 45.2 Å². The Labute approximate surface area is 126 Å². The topological polar surface area (TPSA) is 118 Å². The van der Waals surface area contributed by atoms with Crippen LogP contribution in [0, 0.1) is 6.92 Å². The molecule has 116 valence electrons. The molecule has 1 aliphatic heterocycles. The fraction of sp³-hybridized carbons (Fsp3) is 0.429. The molecule has 2 aromatic rings. The van der Waals surface area contributed by atoms with E-state index in [2.05, 4.69) is 15.4 Å². The second-order valence-corrected chi connectivity index (χ2v) is 5.50. The Morgan fingerprint density at radius 2 is 2.27 bits per heavy atom. The second kappa shape index (κ2) is 5.63. The lowest BCUT2D eigenvalue weighted by Gasteiger charge is -2.31. The van der Waals surface area contributed by atoms with Gasteiger partial charge in [-0.15, -0.1) is 0 Å². The van der Waals surface area contributed by atoms with E-state index in [1.807, 2.05) is 0 Å². The van der Waals surface area contributed by atoms with Gasteiger partial charge in [0.15, 0.2) is 0 Å². The van der Waals surface area contributed by atoms with E-state index in [1.165, 1.54) is 0 Å². The summed E-state index contributed by atoms with van der Waals surface area (Å²) in [6, 6.07) is 3.28. The van der Waals surface area contributed by atoms with Crippen molar-refractivity contribution in [2.24, 2.45) is 5.73 Å². The lowest BCUT2D eigenvalue weighted by molar-refractivity contribution is 0.0663. The van der Waals surface area contributed by atoms with Crippen molar-refractivity contribution in [1.29, 1.82) is 0 Å². The number of nitrogens with two attached hydrogens (primary N) is 1. The zero-order valence-electron chi connectivity index (χ0n) is 12.2. The van der Waals surface area contributed by atoms with Crippen LogP contribution >= 0.6 is 0 Å². The number of H-pyrrole nitrogens is 1. The zero-order valence-corrected chi connectivity index (χ0v) is 12.2. The quantitative estimate of drug-likeness (QED) is 0.870. The molecule has 0 aromatic carbocycles. The Balaban J connectivity index is 1.73. The highest BCUT2D eigenvalue weighted by Gasteiger charge is 2.28. The van der Waals surface area contributed by atoms with Crippen LogP contribution < -0.4 is 5.73 Å². The molecule has 2 aromatic heterocycles. The van der Waals surface area contributed by atoms with Gasteiger partial charge >= 0.3 is 0 Å². The molecular formula is C14H17N5O3. The third-order valence-electron chi connectivity index (χ3n) is 3.84. The third-order valence-corrected chi connectivity index (χ3v) is 3.84. The Hall–Kier alpha value is -2.64. The standard InChI is InChI=1S/C14H17N5O3/c1-8-5-12(22-18-8)14(21)19-4-2-3-9(7-19)10-6-11(13(15)20)17-16-10/h5-6,9H,2-4,7H2,1H3,(H2,15,20)(H,16,17). The number of nitrogens with one attached hydrogen (secondary N) is 1. The summed E-state index contributed by atoms with van der Waals surface area (Å²) < 4.78 is 5.03. The number of likely N-dealkylation sites (tertiary alicyclic amines) is 1. The summed E-state index contributed by atoms with van der Waals surface area (Å²) in [5.41, 5.74) is 6.91. The fourth-order valence-electron chi connectivity index (χ4n) is 2.71. The molecule has 8 nitrogen and oxygen atoms in total. The largest absolute Gasteiger partial charge is 0.364 e. The van der Waals surface area contributed by atoms with Crippen molar-refractivity contribution in [3.05, 3.63) is 35.0 Å². The molecular weight excluding hydrogens is 286 g/mol. The highest BCUT2D eigenvalue weighted by atomic mass is 16.5. The average Bonchev–Trinajstić information content (AvgIpc) is 3.15. The number of carbonyl (C=O) groups excluding carboxylic acids is 2. The van der Waals surface area contributed by atoms with Gasteiger partial charge in [0.05, 0.1) is 5.69 Å². The van der Waals surface area contributed by atoms with Crippen molar-refractivity contribution in [2.75, 3.05) is 13.1 Å². The van der Waals surface area contributed by atoms with Gasteiger partial charge < -0.3 is 15.2 Å². The van der Waals surface area contributed by atoms with Crippen LogP contribution in [0.3, 0.4) is 0 Å². The summed E-state index contributed by atoms with van der Waals surface area (Å²) in [6.45, 7) is 2.99. The van der Waals surface area contributed by atoms with Crippen molar-refractivity contribution < 1.29 is 14.1 Å². The Bertz CT molecular complexity index is 705. The van der Waals surface area contributed by atoms with E-state index < -0.39 is 5.91 Å². The number of nitrogens with zero attached hydrogens (tertiary/aromatic N) is 3. The molecule has 1 saturated heterocycles. The first-order chi connectivity index (χ1) is 10.5. The first-order valence-corrected chi connectivity index (χ1v) is 7.12. The van der Waals surface area contributed by atoms with E-state index in [9.17, 15) is 9.59 Å². The lowest BCUT2D eigenvalue weighted by Crippen LogP contribution is -2.39. The van der Waals surface area contributed by atoms with Crippen LogP contribution in [0.4, 0.5) is 0 Å². The van der Waals surface area contributed by atoms with Crippen LogP contribution in [0.15, 0.2) is 16.7 Å². The molecule has 0 aliphatic carbocycles. The summed E-state index contributed by atoms with van der Waals surface area (Å²) >= 11 is 0. The molecule has 1 atom stereocenters. The number of rotatable bonds is 3. The van der Waals surface area contributed by atoms with E-state index in [0.717, 1.165) is 18.5 Å². The molecule has 2 amide bonds. The molecule has 0 bridgehead atoms. The highest BCUT2D eigenvalue weighted by molar-refractivity contribution is 5.92. The molecule has 0 saturated carbocycles. The van der Waals surface area contributed by atoms with Crippen LogP contribution in [0.1, 0.15) is 51.2 Å². The maximum atomic E-state index is 12.4. The smallest absolute Gasteiger partial charge is 0.292 e. The van der Waals surface area contributed by atoms with Gasteiger partial charge in [-0.05, 0) is 25.8 Å². The molecule has 1 aliphatic rings. The Morgan fingerprint density at radius 1 is 1.45 bits per heavy atom. The Morgan fingerprint density at radius 3 is 2.91 bits per heavy atom. The van der Waals surface area contributed by atoms with Gasteiger partial charge in [-0.2, -0.15) is 5.10 Å². The summed E-state index contributed by atoms with van der Waals surface area (Å²) in [4.78, 5) is 25.2. The molecule has 22 heavy (non-hydrogen) atoms. The number of aryl methyl sites for hydroxylation is 1. The molecule has 0 radical (unpaired) electrons. The lowest BCUT2D eigenvalue weighted by atomic mass is 9.94. The van der Waals surface area contributed by atoms with Crippen molar-refractivity contribution in [3.8, 4) is 0 Å². The fourth-order valence-corrected chi connectivity index (χ4v) is 2.71. The first-order valence-electron chi connectivity index (χ1n) is 7.12. The van der Waals surface area contributed by atoms with Gasteiger partial charge in [0.2, 0.25) is 5.76 Å². The SMILES string of the molecule is Cc1cc(C(=O)N2CCCC(c3cc(C(N)=O)n[nH]3)C2)on1. The molecule has 1 fully saturated rings. The van der Waals surface area contributed by atoms with E-state index in [4.69, 9.17) is 10.3 Å².